The van der Waals surface area contributed by atoms with Crippen molar-refractivity contribution in [1.29, 1.82) is 0 Å². The number of nitrogens with one attached hydrogen (secondary N) is 2. The molecule has 1 unspecified atom stereocenters. The van der Waals surface area contributed by atoms with E-state index in [1.165, 1.54) is 19.3 Å². The fraction of sp³-hybridized carbons (Fsp3) is 0.857. The third-order valence-corrected chi connectivity index (χ3v) is 1.83. The van der Waals surface area contributed by atoms with Crippen molar-refractivity contribution in [2.45, 2.75) is 25.3 Å². The molecule has 0 spiro atoms. The molecule has 1 rings (SSSR count). The molecule has 0 aromatic carbocycles. The van der Waals surface area contributed by atoms with Crippen LogP contribution >= 0.6 is 0 Å². The maximum atomic E-state index is 9.78. The lowest BCUT2D eigenvalue weighted by Crippen LogP contribution is -2.41. The zero-order chi connectivity index (χ0) is 7.23. The quantitative estimate of drug-likeness (QED) is 0.534. The standard InChI is InChI=1S/C7H13N2O/c10-6-8-5-7-3-1-2-4-9-7/h7,9H,1-5H2,(H,8,10). The van der Waals surface area contributed by atoms with Gasteiger partial charge in [0.2, 0.25) is 0 Å². The smallest absolute Gasteiger partial charge is 0.309 e. The molecule has 1 radical (unpaired) electrons. The molecule has 0 saturated carbocycles. The van der Waals surface area contributed by atoms with Crippen molar-refractivity contribution >= 4 is 6.41 Å². The molecule has 1 aliphatic heterocycles. The van der Waals surface area contributed by atoms with Gasteiger partial charge in [-0.25, -0.2) is 0 Å². The number of carbonyl (C=O) groups excluding carboxylic acids is 1. The van der Waals surface area contributed by atoms with Gasteiger partial charge >= 0.3 is 6.41 Å². The predicted octanol–water partition coefficient (Wildman–Crippen LogP) is -0.215. The van der Waals surface area contributed by atoms with Gasteiger partial charge in [-0.1, -0.05) is 6.42 Å². The Hall–Kier alpha value is -0.570. The highest BCUT2D eigenvalue weighted by Gasteiger charge is 2.10. The summed E-state index contributed by atoms with van der Waals surface area (Å²) in [7, 11) is 0. The van der Waals surface area contributed by atoms with Crippen LogP contribution in [-0.2, 0) is 4.79 Å². The average Bonchev–Trinajstić information content (AvgIpc) is 2.03. The Morgan fingerprint density at radius 1 is 1.60 bits per heavy atom. The van der Waals surface area contributed by atoms with E-state index in [0.29, 0.717) is 6.04 Å². The van der Waals surface area contributed by atoms with Gasteiger partial charge in [0, 0.05) is 12.6 Å². The minimum Gasteiger partial charge on any atom is -0.346 e. The molecule has 57 valence electrons. The third kappa shape index (κ3) is 2.35. The van der Waals surface area contributed by atoms with Crippen molar-refractivity contribution < 1.29 is 4.79 Å². The number of hydrogen-bond donors (Lipinski definition) is 2. The summed E-state index contributed by atoms with van der Waals surface area (Å²) in [4.78, 5) is 9.78. The number of rotatable bonds is 3. The molecule has 1 aliphatic rings. The van der Waals surface area contributed by atoms with Crippen LogP contribution in [0.15, 0.2) is 0 Å². The Labute approximate surface area is 61.2 Å². The van der Waals surface area contributed by atoms with Crippen LogP contribution in [0.4, 0.5) is 0 Å². The Morgan fingerprint density at radius 2 is 2.50 bits per heavy atom. The third-order valence-electron chi connectivity index (χ3n) is 1.83. The van der Waals surface area contributed by atoms with Gasteiger partial charge in [-0.2, -0.15) is 0 Å². The molecule has 0 bridgehead atoms. The molecule has 0 aromatic heterocycles. The van der Waals surface area contributed by atoms with Gasteiger partial charge in [0.25, 0.3) is 0 Å². The Balaban J connectivity index is 2.07. The zero-order valence-electron chi connectivity index (χ0n) is 6.02. The fourth-order valence-electron chi connectivity index (χ4n) is 1.26. The first-order chi connectivity index (χ1) is 4.93. The maximum absolute atomic E-state index is 9.78. The molecule has 0 aliphatic carbocycles. The summed E-state index contributed by atoms with van der Waals surface area (Å²) in [5, 5.41) is 5.86. The summed E-state index contributed by atoms with van der Waals surface area (Å²) in [5.74, 6) is 0. The number of hydrogen-bond acceptors (Lipinski definition) is 2. The summed E-state index contributed by atoms with van der Waals surface area (Å²) >= 11 is 0. The van der Waals surface area contributed by atoms with E-state index in [9.17, 15) is 4.79 Å². The lowest BCUT2D eigenvalue weighted by molar-refractivity contribution is 0.395. The summed E-state index contributed by atoms with van der Waals surface area (Å²) < 4.78 is 0. The molecule has 1 amide bonds. The Bertz CT molecular complexity index is 99.8. The van der Waals surface area contributed by atoms with Gasteiger partial charge in [-0.3, -0.25) is 4.79 Å². The maximum Gasteiger partial charge on any atom is 0.309 e. The molecule has 1 heterocycles. The van der Waals surface area contributed by atoms with Crippen molar-refractivity contribution in [2.75, 3.05) is 13.1 Å². The van der Waals surface area contributed by atoms with Crippen LogP contribution in [-0.4, -0.2) is 25.5 Å². The summed E-state index contributed by atoms with van der Waals surface area (Å²) in [6, 6.07) is 0.482. The predicted molar refractivity (Wildman–Crippen MR) is 39.3 cm³/mol. The molecule has 1 fully saturated rings. The van der Waals surface area contributed by atoms with Gasteiger partial charge in [-0.05, 0) is 19.4 Å². The number of amides is 1. The summed E-state index contributed by atoms with van der Waals surface area (Å²) in [5.41, 5.74) is 0. The molecular weight excluding hydrogens is 128 g/mol. The van der Waals surface area contributed by atoms with E-state index in [2.05, 4.69) is 10.6 Å². The van der Waals surface area contributed by atoms with Crippen molar-refractivity contribution in [3.05, 3.63) is 0 Å². The van der Waals surface area contributed by atoms with Crippen LogP contribution in [0.3, 0.4) is 0 Å². The van der Waals surface area contributed by atoms with Crippen LogP contribution in [0.5, 0.6) is 0 Å². The fourth-order valence-corrected chi connectivity index (χ4v) is 1.26. The average molecular weight is 141 g/mol. The monoisotopic (exact) mass is 141 g/mol. The first kappa shape index (κ1) is 7.54. The minimum absolute atomic E-state index is 0.482. The molecule has 0 aromatic rings. The van der Waals surface area contributed by atoms with E-state index in [4.69, 9.17) is 0 Å². The minimum atomic E-state index is 0.482. The van der Waals surface area contributed by atoms with Gasteiger partial charge in [-0.15, -0.1) is 0 Å². The highest BCUT2D eigenvalue weighted by atomic mass is 16.1. The summed E-state index contributed by atoms with van der Waals surface area (Å²) in [6.07, 6.45) is 5.39. The van der Waals surface area contributed by atoms with E-state index < -0.39 is 0 Å². The van der Waals surface area contributed by atoms with Gasteiger partial charge in [0.15, 0.2) is 0 Å². The highest BCUT2D eigenvalue weighted by Crippen LogP contribution is 2.05. The van der Waals surface area contributed by atoms with Gasteiger partial charge < -0.3 is 10.6 Å². The largest absolute Gasteiger partial charge is 0.346 e. The second-order valence-electron chi connectivity index (χ2n) is 2.63. The molecule has 3 heteroatoms. The van der Waals surface area contributed by atoms with Gasteiger partial charge in [0.05, 0.1) is 0 Å². The van der Waals surface area contributed by atoms with E-state index in [1.807, 2.05) is 0 Å². The van der Waals surface area contributed by atoms with Gasteiger partial charge in [0.1, 0.15) is 0 Å². The van der Waals surface area contributed by atoms with E-state index >= 15 is 0 Å². The van der Waals surface area contributed by atoms with E-state index in [1.54, 1.807) is 6.41 Å². The first-order valence-electron chi connectivity index (χ1n) is 3.77. The zero-order valence-corrected chi connectivity index (χ0v) is 6.02. The first-order valence-corrected chi connectivity index (χ1v) is 3.77. The lowest BCUT2D eigenvalue weighted by Gasteiger charge is -2.22. The van der Waals surface area contributed by atoms with Crippen molar-refractivity contribution in [3.8, 4) is 0 Å². The molecule has 2 N–H and O–H groups in total. The van der Waals surface area contributed by atoms with Crippen molar-refractivity contribution in [2.24, 2.45) is 0 Å². The Morgan fingerprint density at radius 3 is 3.10 bits per heavy atom. The van der Waals surface area contributed by atoms with Crippen LogP contribution in [0, 0.1) is 0 Å². The second-order valence-corrected chi connectivity index (χ2v) is 2.63. The highest BCUT2D eigenvalue weighted by molar-refractivity contribution is 5.46. The molecule has 10 heavy (non-hydrogen) atoms. The number of piperidine rings is 1. The normalized spacial score (nSPS) is 25.8. The van der Waals surface area contributed by atoms with Crippen LogP contribution in [0.1, 0.15) is 19.3 Å². The van der Waals surface area contributed by atoms with Crippen molar-refractivity contribution in [3.63, 3.8) is 0 Å². The topological polar surface area (TPSA) is 41.1 Å². The van der Waals surface area contributed by atoms with E-state index in [-0.39, 0.29) is 0 Å². The van der Waals surface area contributed by atoms with Crippen LogP contribution < -0.4 is 10.6 Å². The van der Waals surface area contributed by atoms with Crippen LogP contribution in [0.2, 0.25) is 0 Å². The van der Waals surface area contributed by atoms with Crippen LogP contribution in [0.25, 0.3) is 0 Å². The second kappa shape index (κ2) is 4.28. The molecule has 3 nitrogen and oxygen atoms in total. The Kier molecular flexibility index (Phi) is 3.22. The molecule has 1 saturated heterocycles. The van der Waals surface area contributed by atoms with Crippen molar-refractivity contribution in [1.82, 2.24) is 10.6 Å². The molecule has 1 atom stereocenters. The lowest BCUT2D eigenvalue weighted by atomic mass is 10.1. The molecular formula is C7H13N2O. The van der Waals surface area contributed by atoms with E-state index in [0.717, 1.165) is 13.1 Å². The SMILES string of the molecule is O=[C]NCC1CCCCN1. The summed E-state index contributed by atoms with van der Waals surface area (Å²) in [6.45, 7) is 1.81.